The van der Waals surface area contributed by atoms with Gasteiger partial charge in [0.05, 0.1) is 11.6 Å². The van der Waals surface area contributed by atoms with Gasteiger partial charge in [-0.1, -0.05) is 0 Å². The molecule has 18 heavy (non-hydrogen) atoms. The highest BCUT2D eigenvalue weighted by atomic mass is 79.9. The van der Waals surface area contributed by atoms with Crippen molar-refractivity contribution in [2.45, 2.75) is 19.3 Å². The van der Waals surface area contributed by atoms with E-state index in [9.17, 15) is 4.79 Å². The monoisotopic (exact) mass is 309 g/mol. The van der Waals surface area contributed by atoms with Crippen molar-refractivity contribution in [3.63, 3.8) is 0 Å². The Morgan fingerprint density at radius 3 is 2.67 bits per heavy atom. The van der Waals surface area contributed by atoms with Crippen LogP contribution in [-0.2, 0) is 4.79 Å². The number of rotatable bonds is 3. The summed E-state index contributed by atoms with van der Waals surface area (Å²) in [5.74, 6) is 2.83. The quantitative estimate of drug-likeness (QED) is 0.929. The Labute approximate surface area is 115 Å². The van der Waals surface area contributed by atoms with E-state index in [1.807, 2.05) is 18.2 Å². The van der Waals surface area contributed by atoms with E-state index in [-0.39, 0.29) is 11.8 Å². The number of ether oxygens (including phenoxy) is 1. The first-order valence-corrected chi connectivity index (χ1v) is 7.11. The topological polar surface area (TPSA) is 38.3 Å². The Morgan fingerprint density at radius 1 is 1.33 bits per heavy atom. The van der Waals surface area contributed by atoms with Crippen LogP contribution in [0.15, 0.2) is 22.7 Å². The van der Waals surface area contributed by atoms with Gasteiger partial charge in [0.2, 0.25) is 5.91 Å². The summed E-state index contributed by atoms with van der Waals surface area (Å²) in [6, 6.07) is 5.61. The summed E-state index contributed by atoms with van der Waals surface area (Å²) in [4.78, 5) is 12.1. The van der Waals surface area contributed by atoms with E-state index in [1.54, 1.807) is 7.11 Å². The number of fused-ring (bicyclic) bond motifs is 1. The van der Waals surface area contributed by atoms with Gasteiger partial charge in [-0.3, -0.25) is 4.79 Å². The van der Waals surface area contributed by atoms with Crippen molar-refractivity contribution in [2.24, 2.45) is 17.8 Å². The van der Waals surface area contributed by atoms with E-state index in [1.165, 1.54) is 6.42 Å². The summed E-state index contributed by atoms with van der Waals surface area (Å²) in [6.07, 6.45) is 3.50. The number of carbonyl (C=O) groups is 1. The van der Waals surface area contributed by atoms with Gasteiger partial charge in [0, 0.05) is 11.6 Å². The van der Waals surface area contributed by atoms with Crippen molar-refractivity contribution in [2.75, 3.05) is 12.4 Å². The van der Waals surface area contributed by atoms with Crippen molar-refractivity contribution >= 4 is 27.5 Å². The third kappa shape index (κ3) is 2.26. The average molecular weight is 310 g/mol. The largest absolute Gasteiger partial charge is 0.496 e. The van der Waals surface area contributed by atoms with Crippen LogP contribution in [-0.4, -0.2) is 13.0 Å². The third-order valence-corrected chi connectivity index (χ3v) is 4.65. The molecule has 1 aromatic rings. The molecule has 2 saturated carbocycles. The number of amides is 1. The smallest absolute Gasteiger partial charge is 0.227 e. The zero-order valence-electron chi connectivity index (χ0n) is 10.3. The van der Waals surface area contributed by atoms with Crippen LogP contribution in [0.2, 0.25) is 0 Å². The van der Waals surface area contributed by atoms with Gasteiger partial charge in [0.1, 0.15) is 5.75 Å². The van der Waals surface area contributed by atoms with Gasteiger partial charge in [-0.2, -0.15) is 0 Å². The molecule has 0 bridgehead atoms. The number of nitrogens with one attached hydrogen (secondary N) is 1. The molecule has 0 radical (unpaired) electrons. The third-order valence-electron chi connectivity index (χ3n) is 4.03. The lowest BCUT2D eigenvalue weighted by Crippen LogP contribution is -2.21. The number of hydrogen-bond donors (Lipinski definition) is 1. The molecule has 2 aliphatic rings. The predicted octanol–water partition coefficient (Wildman–Crippen LogP) is 3.44. The Kier molecular flexibility index (Phi) is 3.06. The fourth-order valence-corrected chi connectivity index (χ4v) is 3.46. The molecule has 3 rings (SSSR count). The Morgan fingerprint density at radius 2 is 2.06 bits per heavy atom. The van der Waals surface area contributed by atoms with Gasteiger partial charge in [0.25, 0.3) is 0 Å². The molecule has 2 aliphatic carbocycles. The molecule has 0 saturated heterocycles. The van der Waals surface area contributed by atoms with Gasteiger partial charge in [-0.15, -0.1) is 0 Å². The molecule has 0 spiro atoms. The Bertz CT molecular complexity index is 479. The van der Waals surface area contributed by atoms with Gasteiger partial charge >= 0.3 is 0 Å². The van der Waals surface area contributed by atoms with E-state index in [0.29, 0.717) is 0 Å². The highest BCUT2D eigenvalue weighted by molar-refractivity contribution is 9.10. The maximum Gasteiger partial charge on any atom is 0.227 e. The molecular formula is C14H16BrNO2. The number of anilines is 1. The van der Waals surface area contributed by atoms with Crippen LogP contribution < -0.4 is 10.1 Å². The van der Waals surface area contributed by atoms with Gasteiger partial charge < -0.3 is 10.1 Å². The lowest BCUT2D eigenvalue weighted by molar-refractivity contribution is -0.120. The zero-order chi connectivity index (χ0) is 12.7. The number of hydrogen-bond acceptors (Lipinski definition) is 2. The van der Waals surface area contributed by atoms with Crippen molar-refractivity contribution < 1.29 is 9.53 Å². The minimum atomic E-state index is 0.166. The minimum absolute atomic E-state index is 0.166. The summed E-state index contributed by atoms with van der Waals surface area (Å²) in [6.45, 7) is 0. The molecule has 2 fully saturated rings. The first-order chi connectivity index (χ1) is 8.67. The van der Waals surface area contributed by atoms with Crippen LogP contribution in [0.4, 0.5) is 5.69 Å². The van der Waals surface area contributed by atoms with E-state index in [4.69, 9.17) is 4.74 Å². The van der Waals surface area contributed by atoms with Crippen LogP contribution in [0.25, 0.3) is 0 Å². The van der Waals surface area contributed by atoms with E-state index < -0.39 is 0 Å². The maximum absolute atomic E-state index is 12.1. The van der Waals surface area contributed by atoms with Gasteiger partial charge in [0.15, 0.2) is 0 Å². The second kappa shape index (κ2) is 4.57. The van der Waals surface area contributed by atoms with Crippen molar-refractivity contribution in [1.29, 1.82) is 0 Å². The predicted molar refractivity (Wildman–Crippen MR) is 73.6 cm³/mol. The van der Waals surface area contributed by atoms with Gasteiger partial charge in [-0.25, -0.2) is 0 Å². The van der Waals surface area contributed by atoms with Crippen molar-refractivity contribution in [3.8, 4) is 5.75 Å². The Balaban J connectivity index is 1.65. The van der Waals surface area contributed by atoms with Crippen LogP contribution in [0.5, 0.6) is 5.75 Å². The number of benzene rings is 1. The number of carbonyl (C=O) groups excluding carboxylic acids is 1. The molecule has 2 atom stereocenters. The molecule has 96 valence electrons. The van der Waals surface area contributed by atoms with Crippen molar-refractivity contribution in [1.82, 2.24) is 0 Å². The zero-order valence-corrected chi connectivity index (χ0v) is 11.9. The summed E-state index contributed by atoms with van der Waals surface area (Å²) in [5.41, 5.74) is 0.827. The molecule has 0 heterocycles. The number of methoxy groups -OCH3 is 1. The first kappa shape index (κ1) is 12.0. The highest BCUT2D eigenvalue weighted by Crippen LogP contribution is 2.54. The molecular weight excluding hydrogens is 294 g/mol. The Hall–Kier alpha value is -1.03. The molecule has 1 amide bonds. The van der Waals surface area contributed by atoms with Crippen LogP contribution in [0, 0.1) is 17.8 Å². The molecule has 4 heteroatoms. The molecule has 1 N–H and O–H groups in total. The molecule has 3 nitrogen and oxygen atoms in total. The van der Waals surface area contributed by atoms with E-state index >= 15 is 0 Å². The first-order valence-electron chi connectivity index (χ1n) is 6.32. The van der Waals surface area contributed by atoms with Crippen LogP contribution in [0.1, 0.15) is 19.3 Å². The van der Waals surface area contributed by atoms with Crippen LogP contribution >= 0.6 is 15.9 Å². The van der Waals surface area contributed by atoms with E-state index in [0.717, 1.165) is 40.6 Å². The average Bonchev–Trinajstić information content (AvgIpc) is 2.96. The standard InChI is InChI=1S/C14H16BrNO2/c1-18-13-3-2-11(7-12(13)15)16-14(17)10-5-8-4-9(8)6-10/h2-3,7-10H,4-6H2,1H3,(H,16,17). The SMILES string of the molecule is COc1ccc(NC(=O)C2CC3CC3C2)cc1Br. The second-order valence-electron chi connectivity index (χ2n) is 5.26. The summed E-state index contributed by atoms with van der Waals surface area (Å²) < 4.78 is 6.02. The maximum atomic E-state index is 12.1. The fraction of sp³-hybridized carbons (Fsp3) is 0.500. The highest BCUT2D eigenvalue weighted by Gasteiger charge is 2.47. The summed E-state index contributed by atoms with van der Waals surface area (Å²) in [5, 5.41) is 2.99. The number of halogens is 1. The van der Waals surface area contributed by atoms with Crippen LogP contribution in [0.3, 0.4) is 0 Å². The second-order valence-corrected chi connectivity index (χ2v) is 6.12. The summed E-state index contributed by atoms with van der Waals surface area (Å²) >= 11 is 3.42. The van der Waals surface area contributed by atoms with E-state index in [2.05, 4.69) is 21.2 Å². The molecule has 1 aromatic carbocycles. The molecule has 2 unspecified atom stereocenters. The van der Waals surface area contributed by atoms with Gasteiger partial charge in [-0.05, 0) is 65.2 Å². The summed E-state index contributed by atoms with van der Waals surface area (Å²) in [7, 11) is 1.63. The molecule has 0 aliphatic heterocycles. The molecule has 0 aromatic heterocycles. The normalized spacial score (nSPS) is 28.7. The van der Waals surface area contributed by atoms with Crippen molar-refractivity contribution in [3.05, 3.63) is 22.7 Å². The lowest BCUT2D eigenvalue weighted by atomic mass is 10.0. The lowest BCUT2D eigenvalue weighted by Gasteiger charge is -2.13. The fourth-order valence-electron chi connectivity index (χ4n) is 2.92. The minimum Gasteiger partial charge on any atom is -0.496 e.